The zero-order valence-electron chi connectivity index (χ0n) is 14.1. The standard InChI is InChI=1S/C15H29NO6/c1-5-21-13(17)7-6-9-19-11-12-20-10-8-16-14(18)22-15(2,3)4/h5-12H2,1-4H3,(H,16,18). The average molecular weight is 319 g/mol. The molecule has 0 saturated heterocycles. The number of carbonyl (C=O) groups excluding carboxylic acids is 2. The fourth-order valence-corrected chi connectivity index (χ4v) is 1.41. The summed E-state index contributed by atoms with van der Waals surface area (Å²) in [6, 6.07) is 0. The minimum absolute atomic E-state index is 0.199. The van der Waals surface area contributed by atoms with Crippen molar-refractivity contribution in [2.75, 3.05) is 39.6 Å². The van der Waals surface area contributed by atoms with Crippen molar-refractivity contribution in [2.45, 2.75) is 46.1 Å². The second-order valence-electron chi connectivity index (χ2n) is 5.56. The number of carbonyl (C=O) groups is 2. The van der Waals surface area contributed by atoms with Gasteiger partial charge in [-0.15, -0.1) is 0 Å². The number of alkyl carbamates (subject to hydrolysis) is 1. The van der Waals surface area contributed by atoms with Gasteiger partial charge in [0.2, 0.25) is 0 Å². The molecular formula is C15H29NO6. The summed E-state index contributed by atoms with van der Waals surface area (Å²) < 4.78 is 20.5. The maximum Gasteiger partial charge on any atom is 0.407 e. The lowest BCUT2D eigenvalue weighted by atomic mass is 10.2. The molecule has 0 aromatic rings. The molecule has 0 spiro atoms. The number of hydrogen-bond acceptors (Lipinski definition) is 6. The fraction of sp³-hybridized carbons (Fsp3) is 0.867. The molecule has 0 rings (SSSR count). The molecule has 0 aromatic heterocycles. The normalized spacial score (nSPS) is 11.1. The van der Waals surface area contributed by atoms with Crippen molar-refractivity contribution in [1.29, 1.82) is 0 Å². The van der Waals surface area contributed by atoms with Crippen molar-refractivity contribution in [2.24, 2.45) is 0 Å². The molecule has 0 aliphatic heterocycles. The van der Waals surface area contributed by atoms with Crippen molar-refractivity contribution in [3.05, 3.63) is 0 Å². The van der Waals surface area contributed by atoms with Crippen LogP contribution in [0, 0.1) is 0 Å². The average Bonchev–Trinajstić information content (AvgIpc) is 2.39. The number of rotatable bonds is 11. The van der Waals surface area contributed by atoms with Gasteiger partial charge in [0.25, 0.3) is 0 Å². The topological polar surface area (TPSA) is 83.1 Å². The highest BCUT2D eigenvalue weighted by Gasteiger charge is 2.15. The Balaban J connectivity index is 3.27. The highest BCUT2D eigenvalue weighted by Crippen LogP contribution is 2.05. The van der Waals surface area contributed by atoms with Crippen LogP contribution in [0.15, 0.2) is 0 Å². The van der Waals surface area contributed by atoms with E-state index in [0.29, 0.717) is 52.4 Å². The fourth-order valence-electron chi connectivity index (χ4n) is 1.41. The number of ether oxygens (including phenoxy) is 4. The summed E-state index contributed by atoms with van der Waals surface area (Å²) in [6.07, 6.45) is 0.555. The minimum atomic E-state index is -0.498. The van der Waals surface area contributed by atoms with Gasteiger partial charge in [-0.05, 0) is 34.1 Å². The van der Waals surface area contributed by atoms with E-state index in [4.69, 9.17) is 18.9 Å². The molecular weight excluding hydrogens is 290 g/mol. The van der Waals surface area contributed by atoms with Gasteiger partial charge >= 0.3 is 12.1 Å². The van der Waals surface area contributed by atoms with Crippen LogP contribution in [0.5, 0.6) is 0 Å². The molecule has 7 heteroatoms. The van der Waals surface area contributed by atoms with E-state index < -0.39 is 11.7 Å². The van der Waals surface area contributed by atoms with Gasteiger partial charge in [-0.25, -0.2) is 4.79 Å². The van der Waals surface area contributed by atoms with E-state index in [1.54, 1.807) is 6.92 Å². The van der Waals surface area contributed by atoms with Gasteiger partial charge < -0.3 is 24.3 Å². The Morgan fingerprint density at radius 1 is 1.00 bits per heavy atom. The van der Waals surface area contributed by atoms with Gasteiger partial charge in [0.1, 0.15) is 5.60 Å². The van der Waals surface area contributed by atoms with Crippen LogP contribution in [0.4, 0.5) is 4.79 Å². The number of amides is 1. The van der Waals surface area contributed by atoms with Crippen LogP contribution in [-0.2, 0) is 23.7 Å². The van der Waals surface area contributed by atoms with Crippen LogP contribution >= 0.6 is 0 Å². The Kier molecular flexibility index (Phi) is 11.5. The van der Waals surface area contributed by atoms with Crippen LogP contribution in [0.25, 0.3) is 0 Å². The molecule has 130 valence electrons. The Labute approximate surface area is 132 Å². The highest BCUT2D eigenvalue weighted by molar-refractivity contribution is 5.69. The van der Waals surface area contributed by atoms with Gasteiger partial charge in [0.15, 0.2) is 0 Å². The van der Waals surface area contributed by atoms with Gasteiger partial charge in [-0.3, -0.25) is 4.79 Å². The monoisotopic (exact) mass is 319 g/mol. The third-order valence-electron chi connectivity index (χ3n) is 2.26. The number of nitrogens with one attached hydrogen (secondary N) is 1. The maximum atomic E-state index is 11.3. The first-order chi connectivity index (χ1) is 10.3. The van der Waals surface area contributed by atoms with E-state index in [1.807, 2.05) is 20.8 Å². The van der Waals surface area contributed by atoms with Gasteiger partial charge in [-0.1, -0.05) is 0 Å². The smallest absolute Gasteiger partial charge is 0.407 e. The van der Waals surface area contributed by atoms with Crippen LogP contribution in [0.2, 0.25) is 0 Å². The second-order valence-corrected chi connectivity index (χ2v) is 5.56. The Bertz CT molecular complexity index is 314. The van der Waals surface area contributed by atoms with E-state index in [2.05, 4.69) is 5.32 Å². The maximum absolute atomic E-state index is 11.3. The lowest BCUT2D eigenvalue weighted by Gasteiger charge is -2.19. The van der Waals surface area contributed by atoms with Crippen molar-refractivity contribution in [3.8, 4) is 0 Å². The van der Waals surface area contributed by atoms with E-state index in [1.165, 1.54) is 0 Å². The molecule has 1 amide bonds. The third-order valence-corrected chi connectivity index (χ3v) is 2.26. The molecule has 0 saturated carbocycles. The quantitative estimate of drug-likeness (QED) is 0.462. The van der Waals surface area contributed by atoms with Crippen LogP contribution in [0.1, 0.15) is 40.5 Å². The summed E-state index contributed by atoms with van der Waals surface area (Å²) in [6.45, 7) is 9.79. The summed E-state index contributed by atoms with van der Waals surface area (Å²) in [4.78, 5) is 22.4. The molecule has 0 unspecified atom stereocenters. The summed E-state index contributed by atoms with van der Waals surface area (Å²) in [5.41, 5.74) is -0.498. The molecule has 0 fully saturated rings. The van der Waals surface area contributed by atoms with Gasteiger partial charge in [0, 0.05) is 19.6 Å². The molecule has 0 bridgehead atoms. The van der Waals surface area contributed by atoms with Crippen molar-refractivity contribution in [1.82, 2.24) is 5.32 Å². The van der Waals surface area contributed by atoms with Crippen molar-refractivity contribution >= 4 is 12.1 Å². The summed E-state index contributed by atoms with van der Waals surface area (Å²) in [5, 5.41) is 2.60. The molecule has 7 nitrogen and oxygen atoms in total. The Hall–Kier alpha value is -1.34. The van der Waals surface area contributed by atoms with E-state index in [9.17, 15) is 9.59 Å². The Morgan fingerprint density at radius 2 is 1.64 bits per heavy atom. The molecule has 1 N–H and O–H groups in total. The summed E-state index contributed by atoms with van der Waals surface area (Å²) in [5.74, 6) is -0.199. The molecule has 0 aromatic carbocycles. The molecule has 22 heavy (non-hydrogen) atoms. The third kappa shape index (κ3) is 15.1. The highest BCUT2D eigenvalue weighted by atomic mass is 16.6. The predicted octanol–water partition coefficient (Wildman–Crippen LogP) is 1.89. The van der Waals surface area contributed by atoms with E-state index in [0.717, 1.165) is 0 Å². The second kappa shape index (κ2) is 12.2. The predicted molar refractivity (Wildman–Crippen MR) is 81.7 cm³/mol. The summed E-state index contributed by atoms with van der Waals surface area (Å²) in [7, 11) is 0. The van der Waals surface area contributed by atoms with Crippen LogP contribution < -0.4 is 5.32 Å². The SMILES string of the molecule is CCOC(=O)CCCOCCOCCNC(=O)OC(C)(C)C. The molecule has 0 radical (unpaired) electrons. The molecule has 0 atom stereocenters. The minimum Gasteiger partial charge on any atom is -0.466 e. The lowest BCUT2D eigenvalue weighted by molar-refractivity contribution is -0.143. The number of hydrogen-bond donors (Lipinski definition) is 1. The molecule has 0 heterocycles. The van der Waals surface area contributed by atoms with Crippen LogP contribution in [-0.4, -0.2) is 57.2 Å². The Morgan fingerprint density at radius 3 is 2.23 bits per heavy atom. The number of esters is 1. The first-order valence-electron chi connectivity index (χ1n) is 7.63. The van der Waals surface area contributed by atoms with Gasteiger partial charge in [0.05, 0.1) is 26.4 Å². The largest absolute Gasteiger partial charge is 0.466 e. The van der Waals surface area contributed by atoms with Crippen LogP contribution in [0.3, 0.4) is 0 Å². The first kappa shape index (κ1) is 20.7. The molecule has 0 aliphatic rings. The van der Waals surface area contributed by atoms with Gasteiger partial charge in [-0.2, -0.15) is 0 Å². The zero-order valence-corrected chi connectivity index (χ0v) is 14.1. The van der Waals surface area contributed by atoms with Crippen molar-refractivity contribution < 1.29 is 28.5 Å². The van der Waals surface area contributed by atoms with Crippen molar-refractivity contribution in [3.63, 3.8) is 0 Å². The van der Waals surface area contributed by atoms with E-state index in [-0.39, 0.29) is 5.97 Å². The lowest BCUT2D eigenvalue weighted by Crippen LogP contribution is -2.34. The zero-order chi connectivity index (χ0) is 16.8. The first-order valence-corrected chi connectivity index (χ1v) is 7.63. The van der Waals surface area contributed by atoms with E-state index >= 15 is 0 Å². The summed E-state index contributed by atoms with van der Waals surface area (Å²) >= 11 is 0. The molecule has 0 aliphatic carbocycles.